The molecule has 4 heteroatoms. The van der Waals surface area contributed by atoms with E-state index in [1.807, 2.05) is 13.8 Å². The average Bonchev–Trinajstić information content (AvgIpc) is 2.93. The highest BCUT2D eigenvalue weighted by molar-refractivity contribution is 7.96. The summed E-state index contributed by atoms with van der Waals surface area (Å²) in [5.41, 5.74) is 0. The van der Waals surface area contributed by atoms with Crippen molar-refractivity contribution in [3.8, 4) is 0 Å². The predicted octanol–water partition coefficient (Wildman–Crippen LogP) is 3.53. The summed E-state index contributed by atoms with van der Waals surface area (Å²) in [5.74, 6) is -0.394. The number of ether oxygens (including phenoxy) is 2. The van der Waals surface area contributed by atoms with Gasteiger partial charge in [0.05, 0.1) is 19.3 Å². The van der Waals surface area contributed by atoms with Crippen LogP contribution in [0.4, 0.5) is 0 Å². The van der Waals surface area contributed by atoms with E-state index >= 15 is 0 Å². The van der Waals surface area contributed by atoms with Crippen molar-refractivity contribution in [2.24, 2.45) is 0 Å². The summed E-state index contributed by atoms with van der Waals surface area (Å²) in [6, 6.07) is 0. The van der Waals surface area contributed by atoms with Crippen molar-refractivity contribution in [3.05, 3.63) is 0 Å². The number of rotatable bonds is 7. The SMILES string of the molecule is CCCCOSC1(CC2COC(C)(C)O2)CC1. The quantitative estimate of drug-likeness (QED) is 0.517. The van der Waals surface area contributed by atoms with Crippen molar-refractivity contribution in [1.82, 2.24) is 0 Å². The predicted molar refractivity (Wildman–Crippen MR) is 69.9 cm³/mol. The molecule has 0 spiro atoms. The van der Waals surface area contributed by atoms with Gasteiger partial charge in [0.25, 0.3) is 0 Å². The second-order valence-corrected chi connectivity index (χ2v) is 6.87. The van der Waals surface area contributed by atoms with E-state index in [4.69, 9.17) is 13.7 Å². The van der Waals surface area contributed by atoms with Crippen LogP contribution in [0.2, 0.25) is 0 Å². The Morgan fingerprint density at radius 2 is 2.12 bits per heavy atom. The molecule has 3 nitrogen and oxygen atoms in total. The fourth-order valence-electron chi connectivity index (χ4n) is 2.11. The zero-order chi connectivity index (χ0) is 12.4. The van der Waals surface area contributed by atoms with Gasteiger partial charge in [0.2, 0.25) is 0 Å². The van der Waals surface area contributed by atoms with Gasteiger partial charge in [0, 0.05) is 4.75 Å². The Hall–Kier alpha value is 0.230. The number of hydrogen-bond acceptors (Lipinski definition) is 4. The van der Waals surface area contributed by atoms with Crippen molar-refractivity contribution in [2.45, 2.75) is 69.5 Å². The minimum atomic E-state index is -0.394. The molecule has 0 amide bonds. The summed E-state index contributed by atoms with van der Waals surface area (Å²) in [4.78, 5) is 0. The molecule has 0 aromatic carbocycles. The molecule has 2 rings (SSSR count). The number of hydrogen-bond donors (Lipinski definition) is 0. The van der Waals surface area contributed by atoms with Gasteiger partial charge in [-0.25, -0.2) is 0 Å². The molecule has 100 valence electrons. The fraction of sp³-hybridized carbons (Fsp3) is 1.00. The normalized spacial score (nSPS) is 29.5. The van der Waals surface area contributed by atoms with E-state index in [0.29, 0.717) is 4.75 Å². The third kappa shape index (κ3) is 4.12. The van der Waals surface area contributed by atoms with Gasteiger partial charge in [0.15, 0.2) is 5.79 Å². The maximum Gasteiger partial charge on any atom is 0.163 e. The summed E-state index contributed by atoms with van der Waals surface area (Å²) in [7, 11) is 0. The van der Waals surface area contributed by atoms with E-state index in [1.165, 1.54) is 19.3 Å². The molecule has 0 radical (unpaired) electrons. The molecule has 1 atom stereocenters. The van der Waals surface area contributed by atoms with Crippen molar-refractivity contribution in [2.75, 3.05) is 13.2 Å². The van der Waals surface area contributed by atoms with E-state index in [9.17, 15) is 0 Å². The molecular weight excluding hydrogens is 236 g/mol. The van der Waals surface area contributed by atoms with Crippen LogP contribution in [-0.2, 0) is 13.7 Å². The van der Waals surface area contributed by atoms with E-state index < -0.39 is 5.79 Å². The molecule has 1 aliphatic heterocycles. The Morgan fingerprint density at radius 3 is 2.65 bits per heavy atom. The maximum atomic E-state index is 5.86. The second kappa shape index (κ2) is 5.47. The molecular formula is C13H24O3S. The van der Waals surface area contributed by atoms with Gasteiger partial charge in [-0.05, 0) is 51.6 Å². The standard InChI is InChI=1S/C13H24O3S/c1-4-5-8-15-17-13(6-7-13)9-11-10-14-12(2,3)16-11/h11H,4-10H2,1-3H3. The topological polar surface area (TPSA) is 27.7 Å². The van der Waals surface area contributed by atoms with Gasteiger partial charge < -0.3 is 13.7 Å². The smallest absolute Gasteiger partial charge is 0.163 e. The van der Waals surface area contributed by atoms with Gasteiger partial charge in [-0.1, -0.05) is 13.3 Å². The average molecular weight is 260 g/mol. The highest BCUT2D eigenvalue weighted by Crippen LogP contribution is 2.53. The van der Waals surface area contributed by atoms with Crippen LogP contribution in [-0.4, -0.2) is 29.9 Å². The molecule has 1 unspecified atom stereocenters. The number of unbranched alkanes of at least 4 members (excludes halogenated alkanes) is 1. The highest BCUT2D eigenvalue weighted by Gasteiger charge is 2.48. The van der Waals surface area contributed by atoms with Gasteiger partial charge >= 0.3 is 0 Å². The van der Waals surface area contributed by atoms with Crippen LogP contribution in [0.3, 0.4) is 0 Å². The lowest BCUT2D eigenvalue weighted by atomic mass is 10.2. The molecule has 17 heavy (non-hydrogen) atoms. The second-order valence-electron chi connectivity index (χ2n) is 5.60. The Kier molecular flexibility index (Phi) is 4.40. The fourth-order valence-corrected chi connectivity index (χ4v) is 3.08. The highest BCUT2D eigenvalue weighted by atomic mass is 32.2. The minimum Gasteiger partial charge on any atom is -0.348 e. The van der Waals surface area contributed by atoms with Gasteiger partial charge in [0.1, 0.15) is 0 Å². The van der Waals surface area contributed by atoms with Crippen molar-refractivity contribution < 1.29 is 13.7 Å². The van der Waals surface area contributed by atoms with Crippen LogP contribution in [0, 0.1) is 0 Å². The third-order valence-electron chi connectivity index (χ3n) is 3.29. The third-order valence-corrected chi connectivity index (χ3v) is 4.50. The Morgan fingerprint density at radius 1 is 1.35 bits per heavy atom. The summed E-state index contributed by atoms with van der Waals surface area (Å²) in [5, 5.41) is 0. The van der Waals surface area contributed by atoms with Crippen LogP contribution in [0.5, 0.6) is 0 Å². The van der Waals surface area contributed by atoms with Crippen LogP contribution in [0.15, 0.2) is 0 Å². The first-order chi connectivity index (χ1) is 8.05. The lowest BCUT2D eigenvalue weighted by Crippen LogP contribution is -2.24. The minimum absolute atomic E-state index is 0.245. The molecule has 2 fully saturated rings. The lowest BCUT2D eigenvalue weighted by Gasteiger charge is -2.20. The van der Waals surface area contributed by atoms with Crippen molar-refractivity contribution in [3.63, 3.8) is 0 Å². The molecule has 1 heterocycles. The lowest BCUT2D eigenvalue weighted by molar-refractivity contribution is -0.139. The largest absolute Gasteiger partial charge is 0.348 e. The Balaban J connectivity index is 1.68. The van der Waals surface area contributed by atoms with Gasteiger partial charge in [-0.3, -0.25) is 0 Å². The van der Waals surface area contributed by atoms with E-state index in [2.05, 4.69) is 6.92 Å². The Labute approximate surface area is 109 Å². The van der Waals surface area contributed by atoms with E-state index in [-0.39, 0.29) is 6.10 Å². The van der Waals surface area contributed by atoms with Crippen molar-refractivity contribution in [1.29, 1.82) is 0 Å². The van der Waals surface area contributed by atoms with Crippen LogP contribution < -0.4 is 0 Å². The first-order valence-corrected chi connectivity index (χ1v) is 7.42. The first-order valence-electron chi connectivity index (χ1n) is 6.68. The summed E-state index contributed by atoms with van der Waals surface area (Å²) < 4.78 is 17.5. The van der Waals surface area contributed by atoms with Crippen LogP contribution in [0.1, 0.15) is 52.9 Å². The molecule has 0 bridgehead atoms. The van der Waals surface area contributed by atoms with Crippen LogP contribution >= 0.6 is 12.0 Å². The molecule has 0 aromatic rings. The molecule has 2 aliphatic rings. The zero-order valence-corrected chi connectivity index (χ0v) is 12.0. The molecule has 1 saturated carbocycles. The van der Waals surface area contributed by atoms with Crippen LogP contribution in [0.25, 0.3) is 0 Å². The first kappa shape index (κ1) is 13.7. The molecule has 0 N–H and O–H groups in total. The zero-order valence-electron chi connectivity index (χ0n) is 11.2. The monoisotopic (exact) mass is 260 g/mol. The molecule has 1 aliphatic carbocycles. The van der Waals surface area contributed by atoms with Gasteiger partial charge in [-0.2, -0.15) is 0 Å². The summed E-state index contributed by atoms with van der Waals surface area (Å²) >= 11 is 1.68. The Bertz CT molecular complexity index is 251. The summed E-state index contributed by atoms with van der Waals surface area (Å²) in [6.07, 6.45) is 6.16. The van der Waals surface area contributed by atoms with Crippen molar-refractivity contribution >= 4 is 12.0 Å². The molecule has 0 aromatic heterocycles. The van der Waals surface area contributed by atoms with E-state index in [1.54, 1.807) is 12.0 Å². The molecule has 1 saturated heterocycles. The maximum absolute atomic E-state index is 5.86. The van der Waals surface area contributed by atoms with Gasteiger partial charge in [-0.15, -0.1) is 0 Å². The van der Waals surface area contributed by atoms with E-state index in [0.717, 1.165) is 26.1 Å². The summed E-state index contributed by atoms with van der Waals surface area (Å²) in [6.45, 7) is 7.75.